The van der Waals surface area contributed by atoms with Crippen molar-refractivity contribution in [3.8, 4) is 0 Å². The van der Waals surface area contributed by atoms with Gasteiger partial charge in [-0.05, 0) is 49.6 Å². The molecule has 2 atom stereocenters. The van der Waals surface area contributed by atoms with Crippen molar-refractivity contribution in [2.24, 2.45) is 0 Å². The first-order valence-corrected chi connectivity index (χ1v) is 11.1. The van der Waals surface area contributed by atoms with Crippen LogP contribution in [0.3, 0.4) is 0 Å². The van der Waals surface area contributed by atoms with Crippen molar-refractivity contribution in [3.63, 3.8) is 0 Å². The molecule has 1 aliphatic carbocycles. The Morgan fingerprint density at radius 3 is 2.15 bits per heavy atom. The number of benzene rings is 2. The average Bonchev–Trinajstić information content (AvgIpc) is 2.75. The molecular weight excluding hydrogens is 348 g/mol. The summed E-state index contributed by atoms with van der Waals surface area (Å²) in [7, 11) is 0. The van der Waals surface area contributed by atoms with Crippen molar-refractivity contribution in [1.82, 2.24) is 10.0 Å². The van der Waals surface area contributed by atoms with E-state index in [-0.39, 0.29) is 12.1 Å². The lowest BCUT2D eigenvalue weighted by molar-refractivity contribution is 0.431. The van der Waals surface area contributed by atoms with E-state index in [9.17, 15) is 0 Å². The molecule has 0 saturated carbocycles. The first kappa shape index (κ1) is 19.9. The maximum atomic E-state index is 3.84. The number of allylic oxidation sites excluding steroid dienone is 4. The van der Waals surface area contributed by atoms with Crippen LogP contribution < -0.4 is 10.0 Å². The van der Waals surface area contributed by atoms with E-state index < -0.39 is 0 Å². The van der Waals surface area contributed by atoms with E-state index in [0.29, 0.717) is 0 Å². The smallest absolute Gasteiger partial charge is 0.0616 e. The molecule has 0 amide bonds. The van der Waals surface area contributed by atoms with Crippen LogP contribution in [-0.4, -0.2) is 12.8 Å². The Balaban J connectivity index is 1.69. The molecule has 3 rings (SSSR count). The van der Waals surface area contributed by atoms with Gasteiger partial charge in [0.05, 0.1) is 12.1 Å². The summed E-state index contributed by atoms with van der Waals surface area (Å²) >= 11 is 1.68. The minimum Gasteiger partial charge on any atom is -0.308 e. The summed E-state index contributed by atoms with van der Waals surface area (Å²) in [5, 5.41) is 3.84. The maximum absolute atomic E-state index is 3.84. The molecule has 142 valence electrons. The normalized spacial score (nSPS) is 16.0. The fourth-order valence-corrected chi connectivity index (χ4v) is 4.16. The minimum absolute atomic E-state index is 0.223. The van der Waals surface area contributed by atoms with Crippen LogP contribution in [0.15, 0.2) is 84.5 Å². The van der Waals surface area contributed by atoms with E-state index >= 15 is 0 Å². The standard InChI is InChI=1S/C24H30N2S/c1-27-26-24(22-17-9-4-10-18-22)23(21-15-7-3-8-16-21)25-19-11-14-20-12-5-2-6-13-20/h2-5,7-10,13,15-18,23-26H,6,11-12,14,19H2,1H3/t23-,24-/m0/s1. The first-order chi connectivity index (χ1) is 13.4. The molecule has 2 aromatic carbocycles. The van der Waals surface area contributed by atoms with Crippen LogP contribution >= 0.6 is 11.9 Å². The van der Waals surface area contributed by atoms with Gasteiger partial charge in [-0.3, -0.25) is 4.72 Å². The Labute approximate surface area is 168 Å². The lowest BCUT2D eigenvalue weighted by Gasteiger charge is -2.29. The molecule has 0 aliphatic heterocycles. The van der Waals surface area contributed by atoms with Crippen LogP contribution in [0.1, 0.15) is 48.9 Å². The van der Waals surface area contributed by atoms with E-state index in [1.165, 1.54) is 24.0 Å². The second-order valence-electron chi connectivity index (χ2n) is 6.93. The van der Waals surface area contributed by atoms with Crippen LogP contribution in [0.2, 0.25) is 0 Å². The van der Waals surface area contributed by atoms with Gasteiger partial charge >= 0.3 is 0 Å². The van der Waals surface area contributed by atoms with E-state index in [2.05, 4.69) is 95.2 Å². The molecule has 0 saturated heterocycles. The van der Waals surface area contributed by atoms with Crippen molar-refractivity contribution in [2.45, 2.75) is 37.8 Å². The second kappa shape index (κ2) is 11.1. The Kier molecular flexibility index (Phi) is 8.22. The highest BCUT2D eigenvalue weighted by atomic mass is 32.2. The number of hydrogen-bond acceptors (Lipinski definition) is 3. The van der Waals surface area contributed by atoms with Gasteiger partial charge in [-0.1, -0.05) is 96.4 Å². The van der Waals surface area contributed by atoms with Gasteiger partial charge in [-0.15, -0.1) is 0 Å². The zero-order valence-corrected chi connectivity index (χ0v) is 16.9. The quantitative estimate of drug-likeness (QED) is 0.302. The van der Waals surface area contributed by atoms with E-state index in [1.807, 2.05) is 0 Å². The fraction of sp³-hybridized carbons (Fsp3) is 0.333. The molecule has 2 nitrogen and oxygen atoms in total. The molecule has 0 spiro atoms. The zero-order valence-electron chi connectivity index (χ0n) is 16.1. The number of hydrogen-bond donors (Lipinski definition) is 2. The molecule has 0 unspecified atom stereocenters. The van der Waals surface area contributed by atoms with Gasteiger partial charge in [0.2, 0.25) is 0 Å². The van der Waals surface area contributed by atoms with Gasteiger partial charge in [0, 0.05) is 0 Å². The van der Waals surface area contributed by atoms with Crippen LogP contribution in [-0.2, 0) is 0 Å². The van der Waals surface area contributed by atoms with Gasteiger partial charge in [-0.2, -0.15) is 0 Å². The largest absolute Gasteiger partial charge is 0.308 e. The summed E-state index contributed by atoms with van der Waals surface area (Å²) in [6.07, 6.45) is 13.6. The van der Waals surface area contributed by atoms with Crippen LogP contribution in [0.5, 0.6) is 0 Å². The molecule has 2 N–H and O–H groups in total. The molecular formula is C24H30N2S. The van der Waals surface area contributed by atoms with Crippen molar-refractivity contribution in [3.05, 3.63) is 95.6 Å². The summed E-state index contributed by atoms with van der Waals surface area (Å²) in [6, 6.07) is 22.0. The monoisotopic (exact) mass is 378 g/mol. The van der Waals surface area contributed by atoms with Gasteiger partial charge in [0.15, 0.2) is 0 Å². The van der Waals surface area contributed by atoms with Gasteiger partial charge in [0.25, 0.3) is 0 Å². The van der Waals surface area contributed by atoms with Crippen molar-refractivity contribution in [1.29, 1.82) is 0 Å². The predicted molar refractivity (Wildman–Crippen MR) is 119 cm³/mol. The maximum Gasteiger partial charge on any atom is 0.0616 e. The SMILES string of the molecule is CSN[C@@H](c1ccccc1)[C@@H](NCCCC1=CCC=CC1)c1ccccc1. The highest BCUT2D eigenvalue weighted by Gasteiger charge is 2.23. The van der Waals surface area contributed by atoms with Crippen molar-refractivity contribution in [2.75, 3.05) is 12.8 Å². The predicted octanol–water partition coefficient (Wildman–Crippen LogP) is 5.98. The third-order valence-electron chi connectivity index (χ3n) is 5.02. The molecule has 0 bridgehead atoms. The Morgan fingerprint density at radius 1 is 0.889 bits per heavy atom. The molecule has 0 fully saturated rings. The van der Waals surface area contributed by atoms with Gasteiger partial charge in [-0.25, -0.2) is 0 Å². The molecule has 0 radical (unpaired) electrons. The molecule has 0 aromatic heterocycles. The fourth-order valence-electron chi connectivity index (χ4n) is 3.63. The molecule has 1 aliphatic rings. The lowest BCUT2D eigenvalue weighted by Crippen LogP contribution is -2.33. The summed E-state index contributed by atoms with van der Waals surface area (Å²) in [5.74, 6) is 0. The molecule has 2 aromatic rings. The third-order valence-corrected chi connectivity index (χ3v) is 5.51. The van der Waals surface area contributed by atoms with Crippen molar-refractivity contribution >= 4 is 11.9 Å². The molecule has 3 heteroatoms. The van der Waals surface area contributed by atoms with Gasteiger partial charge < -0.3 is 5.32 Å². The zero-order chi connectivity index (χ0) is 18.7. The Hall–Kier alpha value is -1.81. The van der Waals surface area contributed by atoms with Crippen LogP contribution in [0.4, 0.5) is 0 Å². The van der Waals surface area contributed by atoms with Crippen LogP contribution in [0, 0.1) is 0 Å². The highest BCUT2D eigenvalue weighted by Crippen LogP contribution is 2.30. The third kappa shape index (κ3) is 6.10. The van der Waals surface area contributed by atoms with E-state index in [0.717, 1.165) is 19.4 Å². The minimum atomic E-state index is 0.223. The number of rotatable bonds is 10. The van der Waals surface area contributed by atoms with Crippen molar-refractivity contribution < 1.29 is 0 Å². The summed E-state index contributed by atoms with van der Waals surface area (Å²) < 4.78 is 3.62. The Bertz CT molecular complexity index is 725. The molecule has 27 heavy (non-hydrogen) atoms. The van der Waals surface area contributed by atoms with E-state index in [4.69, 9.17) is 0 Å². The summed E-state index contributed by atoms with van der Waals surface area (Å²) in [4.78, 5) is 0. The average molecular weight is 379 g/mol. The topological polar surface area (TPSA) is 24.1 Å². The molecule has 0 heterocycles. The highest BCUT2D eigenvalue weighted by molar-refractivity contribution is 7.96. The second-order valence-corrected chi connectivity index (χ2v) is 7.57. The van der Waals surface area contributed by atoms with E-state index in [1.54, 1.807) is 17.5 Å². The Morgan fingerprint density at radius 2 is 1.56 bits per heavy atom. The summed E-state index contributed by atoms with van der Waals surface area (Å²) in [6.45, 7) is 1.01. The number of nitrogens with one attached hydrogen (secondary N) is 2. The first-order valence-electron chi connectivity index (χ1n) is 9.83. The summed E-state index contributed by atoms with van der Waals surface area (Å²) in [5.41, 5.74) is 4.22. The van der Waals surface area contributed by atoms with Crippen LogP contribution in [0.25, 0.3) is 0 Å². The van der Waals surface area contributed by atoms with Gasteiger partial charge in [0.1, 0.15) is 0 Å². The lowest BCUT2D eigenvalue weighted by atomic mass is 9.93.